The average molecular weight is 481 g/mol. The SMILES string of the molecule is CC(=O)NC[C@H]1CN(c2ccc(C=C(Br)c3ccc(C(C)=O)s3)c(F)c2)C(=O)O1. The molecule has 0 radical (unpaired) electrons. The van der Waals surface area contributed by atoms with Gasteiger partial charge in [0.2, 0.25) is 5.91 Å². The minimum Gasteiger partial charge on any atom is -0.442 e. The Labute approximate surface area is 179 Å². The van der Waals surface area contributed by atoms with Gasteiger partial charge in [-0.1, -0.05) is 0 Å². The fraction of sp³-hybridized carbons (Fsp3) is 0.250. The summed E-state index contributed by atoms with van der Waals surface area (Å²) in [6, 6.07) is 7.99. The van der Waals surface area contributed by atoms with Crippen LogP contribution in [0.3, 0.4) is 0 Å². The number of nitrogens with zero attached hydrogens (tertiary/aromatic N) is 1. The molecule has 2 amide bonds. The van der Waals surface area contributed by atoms with Gasteiger partial charge < -0.3 is 10.1 Å². The number of halogens is 2. The van der Waals surface area contributed by atoms with Crippen LogP contribution in [0.5, 0.6) is 0 Å². The number of anilines is 1. The van der Waals surface area contributed by atoms with Crippen molar-refractivity contribution in [2.75, 3.05) is 18.0 Å². The number of cyclic esters (lactones) is 1. The van der Waals surface area contributed by atoms with Gasteiger partial charge in [0, 0.05) is 21.8 Å². The zero-order valence-corrected chi connectivity index (χ0v) is 18.1. The number of hydrogen-bond acceptors (Lipinski definition) is 5. The highest BCUT2D eigenvalue weighted by Gasteiger charge is 2.32. The van der Waals surface area contributed by atoms with E-state index in [4.69, 9.17) is 4.74 Å². The van der Waals surface area contributed by atoms with Crippen LogP contribution in [0.1, 0.15) is 34.0 Å². The van der Waals surface area contributed by atoms with Gasteiger partial charge in [-0.25, -0.2) is 9.18 Å². The molecule has 2 aromatic rings. The normalized spacial score (nSPS) is 16.7. The first-order chi connectivity index (χ1) is 13.7. The minimum atomic E-state index is -0.584. The van der Waals surface area contributed by atoms with E-state index in [1.165, 1.54) is 36.2 Å². The molecule has 1 atom stereocenters. The topological polar surface area (TPSA) is 75.7 Å². The number of ether oxygens (including phenoxy) is 1. The number of ketones is 1. The summed E-state index contributed by atoms with van der Waals surface area (Å²) in [6.45, 7) is 3.30. The molecule has 0 aliphatic carbocycles. The molecule has 29 heavy (non-hydrogen) atoms. The predicted molar refractivity (Wildman–Crippen MR) is 114 cm³/mol. The second-order valence-corrected chi connectivity index (χ2v) is 8.41. The second kappa shape index (κ2) is 8.87. The van der Waals surface area contributed by atoms with E-state index >= 15 is 0 Å². The molecule has 6 nitrogen and oxygen atoms in total. The minimum absolute atomic E-state index is 0.0219. The molecule has 0 spiro atoms. The van der Waals surface area contributed by atoms with Gasteiger partial charge in [0.15, 0.2) is 5.78 Å². The van der Waals surface area contributed by atoms with Crippen molar-refractivity contribution in [2.24, 2.45) is 0 Å². The Morgan fingerprint density at radius 2 is 2.03 bits per heavy atom. The number of rotatable bonds is 6. The second-order valence-electron chi connectivity index (χ2n) is 6.47. The van der Waals surface area contributed by atoms with Crippen LogP contribution in [-0.2, 0) is 9.53 Å². The number of benzene rings is 1. The Kier molecular flexibility index (Phi) is 6.49. The van der Waals surface area contributed by atoms with Crippen molar-refractivity contribution in [1.82, 2.24) is 5.32 Å². The van der Waals surface area contributed by atoms with Gasteiger partial charge in [-0.2, -0.15) is 0 Å². The van der Waals surface area contributed by atoms with Crippen LogP contribution in [0.4, 0.5) is 14.9 Å². The molecule has 1 aromatic heterocycles. The van der Waals surface area contributed by atoms with Gasteiger partial charge in [-0.15, -0.1) is 11.3 Å². The molecule has 1 saturated heterocycles. The molecular weight excluding hydrogens is 463 g/mol. The van der Waals surface area contributed by atoms with Crippen molar-refractivity contribution in [3.05, 3.63) is 51.5 Å². The third-order valence-electron chi connectivity index (χ3n) is 4.22. The summed E-state index contributed by atoms with van der Waals surface area (Å²) in [7, 11) is 0. The molecule has 1 aliphatic rings. The quantitative estimate of drug-likeness (QED) is 0.619. The van der Waals surface area contributed by atoms with Crippen LogP contribution in [0, 0.1) is 5.82 Å². The largest absolute Gasteiger partial charge is 0.442 e. The summed E-state index contributed by atoms with van der Waals surface area (Å²) in [5.74, 6) is -0.735. The molecule has 0 saturated carbocycles. The fourth-order valence-electron chi connectivity index (χ4n) is 2.76. The number of carbonyl (C=O) groups is 3. The van der Waals surface area contributed by atoms with E-state index in [0.29, 0.717) is 20.6 Å². The molecule has 1 aromatic carbocycles. The molecular formula is C20H18BrFN2O4S. The third-order valence-corrected chi connectivity index (χ3v) is 6.36. The smallest absolute Gasteiger partial charge is 0.414 e. The highest BCUT2D eigenvalue weighted by atomic mass is 79.9. The van der Waals surface area contributed by atoms with E-state index in [0.717, 1.165) is 4.88 Å². The summed E-state index contributed by atoms with van der Waals surface area (Å²) >= 11 is 4.74. The van der Waals surface area contributed by atoms with Crippen molar-refractivity contribution in [1.29, 1.82) is 0 Å². The van der Waals surface area contributed by atoms with Crippen molar-refractivity contribution in [2.45, 2.75) is 20.0 Å². The molecule has 9 heteroatoms. The van der Waals surface area contributed by atoms with Crippen LogP contribution in [-0.4, -0.2) is 37.0 Å². The van der Waals surface area contributed by atoms with Crippen LogP contribution >= 0.6 is 27.3 Å². The first-order valence-corrected chi connectivity index (χ1v) is 10.4. The van der Waals surface area contributed by atoms with Gasteiger partial charge in [-0.3, -0.25) is 14.5 Å². The highest BCUT2D eigenvalue weighted by Crippen LogP contribution is 2.32. The van der Waals surface area contributed by atoms with Crippen molar-refractivity contribution >= 4 is 61.3 Å². The van der Waals surface area contributed by atoms with Crippen LogP contribution in [0.25, 0.3) is 10.6 Å². The highest BCUT2D eigenvalue weighted by molar-refractivity contribution is 9.15. The Balaban J connectivity index is 1.75. The Hall–Kier alpha value is -2.52. The lowest BCUT2D eigenvalue weighted by atomic mass is 10.1. The first kappa shape index (κ1) is 21.2. The Morgan fingerprint density at radius 3 is 2.66 bits per heavy atom. The summed E-state index contributed by atoms with van der Waals surface area (Å²) in [6.07, 6.45) is 0.550. The average Bonchev–Trinajstić information content (AvgIpc) is 3.29. The predicted octanol–water partition coefficient (Wildman–Crippen LogP) is 4.44. The monoisotopic (exact) mass is 480 g/mol. The molecule has 2 heterocycles. The van der Waals surface area contributed by atoms with E-state index < -0.39 is 18.0 Å². The molecule has 1 N–H and O–H groups in total. The lowest BCUT2D eigenvalue weighted by Crippen LogP contribution is -2.33. The van der Waals surface area contributed by atoms with E-state index in [2.05, 4.69) is 21.2 Å². The molecule has 1 fully saturated rings. The maximum atomic E-state index is 14.6. The molecule has 0 bridgehead atoms. The number of thiophene rings is 1. The summed E-state index contributed by atoms with van der Waals surface area (Å²) in [5, 5.41) is 2.60. The lowest BCUT2D eigenvalue weighted by molar-refractivity contribution is -0.119. The zero-order valence-electron chi connectivity index (χ0n) is 15.7. The Morgan fingerprint density at radius 1 is 1.31 bits per heavy atom. The molecule has 0 unspecified atom stereocenters. The van der Waals surface area contributed by atoms with Gasteiger partial charge in [0.25, 0.3) is 0 Å². The van der Waals surface area contributed by atoms with E-state index in [-0.39, 0.29) is 24.8 Å². The van der Waals surface area contributed by atoms with Gasteiger partial charge in [0.1, 0.15) is 11.9 Å². The van der Waals surface area contributed by atoms with Crippen molar-refractivity contribution in [3.8, 4) is 0 Å². The third kappa shape index (κ3) is 5.10. The molecule has 152 valence electrons. The van der Waals surface area contributed by atoms with Crippen LogP contribution in [0.15, 0.2) is 30.3 Å². The maximum absolute atomic E-state index is 14.6. The van der Waals surface area contributed by atoms with Gasteiger partial charge >= 0.3 is 6.09 Å². The summed E-state index contributed by atoms with van der Waals surface area (Å²) in [4.78, 5) is 37.3. The summed E-state index contributed by atoms with van der Waals surface area (Å²) in [5.41, 5.74) is 0.710. The van der Waals surface area contributed by atoms with Gasteiger partial charge in [0.05, 0.1) is 23.7 Å². The van der Waals surface area contributed by atoms with E-state index in [1.807, 2.05) is 0 Å². The molecule has 3 rings (SSSR count). The van der Waals surface area contributed by atoms with Crippen LogP contribution in [0.2, 0.25) is 0 Å². The number of nitrogens with one attached hydrogen (secondary N) is 1. The number of hydrogen-bond donors (Lipinski definition) is 1. The van der Waals surface area contributed by atoms with Gasteiger partial charge in [-0.05, 0) is 59.3 Å². The Bertz CT molecular complexity index is 1000. The zero-order chi connectivity index (χ0) is 21.1. The summed E-state index contributed by atoms with van der Waals surface area (Å²) < 4.78 is 20.5. The number of amides is 2. The van der Waals surface area contributed by atoms with E-state index in [9.17, 15) is 18.8 Å². The lowest BCUT2D eigenvalue weighted by Gasteiger charge is -2.14. The number of Topliss-reactive ketones (excluding diaryl/α,β-unsaturated/α-hetero) is 1. The van der Waals surface area contributed by atoms with Crippen molar-refractivity contribution in [3.63, 3.8) is 0 Å². The first-order valence-electron chi connectivity index (χ1n) is 8.75. The fourth-order valence-corrected chi connectivity index (χ4v) is 4.19. The maximum Gasteiger partial charge on any atom is 0.414 e. The van der Waals surface area contributed by atoms with Crippen molar-refractivity contribution < 1.29 is 23.5 Å². The van der Waals surface area contributed by atoms with E-state index in [1.54, 1.807) is 30.3 Å². The standard InChI is InChI=1S/C20H18BrFN2O4S/c1-11(25)18-5-6-19(29-18)16(21)7-13-3-4-14(8-17(13)22)24-10-15(28-20(24)27)9-23-12(2)26/h3-8,15H,9-10H2,1-2H3,(H,23,26)/t15-/m0/s1. The number of carbonyl (C=O) groups excluding carboxylic acids is 3. The molecule has 1 aliphatic heterocycles. The van der Waals surface area contributed by atoms with Crippen LogP contribution < -0.4 is 10.2 Å².